The molecular weight excluding hydrogens is 338 g/mol. The van der Waals surface area contributed by atoms with Gasteiger partial charge in [-0.1, -0.05) is 36.4 Å². The molecular formula is C20H17N7. The predicted molar refractivity (Wildman–Crippen MR) is 105 cm³/mol. The van der Waals surface area contributed by atoms with Gasteiger partial charge in [-0.3, -0.25) is 10.4 Å². The normalized spacial score (nSPS) is 11.0. The first-order valence-electron chi connectivity index (χ1n) is 8.44. The van der Waals surface area contributed by atoms with Gasteiger partial charge in [-0.15, -0.1) is 0 Å². The molecule has 4 aromatic rings. The van der Waals surface area contributed by atoms with E-state index < -0.39 is 0 Å². The fourth-order valence-corrected chi connectivity index (χ4v) is 2.63. The van der Waals surface area contributed by atoms with Crippen LogP contribution in [0.4, 0.5) is 5.82 Å². The Hall–Kier alpha value is -3.87. The maximum atomic E-state index is 4.58. The highest BCUT2D eigenvalue weighted by Gasteiger charge is 2.11. The summed E-state index contributed by atoms with van der Waals surface area (Å²) >= 11 is 0. The summed E-state index contributed by atoms with van der Waals surface area (Å²) < 4.78 is 1.81. The average Bonchev–Trinajstić information content (AvgIpc) is 3.12. The standard InChI is InChI=1S/C20H17N7/c1-15-11-18(16-7-3-2-4-8-16)27(26-15)20-12-19(22-14-23-20)25-24-13-17-9-5-6-10-21-17/h2-14H,1H3,(H,22,23,25). The molecule has 0 bridgehead atoms. The maximum absolute atomic E-state index is 4.58. The van der Waals surface area contributed by atoms with Crippen LogP contribution >= 0.6 is 0 Å². The number of anilines is 1. The Morgan fingerprint density at radius 3 is 2.63 bits per heavy atom. The first kappa shape index (κ1) is 16.6. The molecule has 0 aliphatic heterocycles. The zero-order valence-electron chi connectivity index (χ0n) is 14.7. The van der Waals surface area contributed by atoms with E-state index >= 15 is 0 Å². The van der Waals surface area contributed by atoms with Gasteiger partial charge in [-0.05, 0) is 25.1 Å². The van der Waals surface area contributed by atoms with Gasteiger partial charge in [0.05, 0.1) is 23.3 Å². The zero-order chi connectivity index (χ0) is 18.5. The van der Waals surface area contributed by atoms with Crippen molar-refractivity contribution in [1.82, 2.24) is 24.7 Å². The molecule has 0 fully saturated rings. The predicted octanol–water partition coefficient (Wildman–Crippen LogP) is 3.48. The smallest absolute Gasteiger partial charge is 0.159 e. The summed E-state index contributed by atoms with van der Waals surface area (Å²) in [5.41, 5.74) is 6.61. The van der Waals surface area contributed by atoms with Crippen molar-refractivity contribution in [2.24, 2.45) is 5.10 Å². The van der Waals surface area contributed by atoms with Gasteiger partial charge in [0.25, 0.3) is 0 Å². The number of aryl methyl sites for hydroxylation is 1. The summed E-state index contributed by atoms with van der Waals surface area (Å²) in [7, 11) is 0. The minimum absolute atomic E-state index is 0.569. The van der Waals surface area contributed by atoms with Crippen LogP contribution in [0.15, 0.2) is 78.3 Å². The van der Waals surface area contributed by atoms with Crippen LogP contribution in [0.25, 0.3) is 17.1 Å². The second-order valence-corrected chi connectivity index (χ2v) is 5.83. The third-order valence-corrected chi connectivity index (χ3v) is 3.83. The minimum Gasteiger partial charge on any atom is -0.261 e. The van der Waals surface area contributed by atoms with Crippen molar-refractivity contribution in [1.29, 1.82) is 0 Å². The molecule has 3 heterocycles. The van der Waals surface area contributed by atoms with Crippen LogP contribution in [-0.2, 0) is 0 Å². The van der Waals surface area contributed by atoms with E-state index in [0.717, 1.165) is 22.6 Å². The van der Waals surface area contributed by atoms with E-state index in [9.17, 15) is 0 Å². The van der Waals surface area contributed by atoms with Crippen molar-refractivity contribution in [2.75, 3.05) is 5.43 Å². The first-order valence-corrected chi connectivity index (χ1v) is 8.44. The van der Waals surface area contributed by atoms with E-state index in [2.05, 4.69) is 30.6 Å². The zero-order valence-corrected chi connectivity index (χ0v) is 14.7. The van der Waals surface area contributed by atoms with Gasteiger partial charge in [0, 0.05) is 17.8 Å². The lowest BCUT2D eigenvalue weighted by atomic mass is 10.1. The third-order valence-electron chi connectivity index (χ3n) is 3.83. The fraction of sp³-hybridized carbons (Fsp3) is 0.0500. The lowest BCUT2D eigenvalue weighted by Gasteiger charge is -2.07. The second-order valence-electron chi connectivity index (χ2n) is 5.83. The lowest BCUT2D eigenvalue weighted by Crippen LogP contribution is -2.04. The number of pyridine rings is 1. The molecule has 0 saturated heterocycles. The van der Waals surface area contributed by atoms with E-state index in [4.69, 9.17) is 0 Å². The molecule has 0 aliphatic rings. The molecule has 132 valence electrons. The Morgan fingerprint density at radius 2 is 1.81 bits per heavy atom. The largest absolute Gasteiger partial charge is 0.261 e. The number of aromatic nitrogens is 5. The highest BCUT2D eigenvalue weighted by Crippen LogP contribution is 2.23. The van der Waals surface area contributed by atoms with Gasteiger partial charge in [-0.25, -0.2) is 14.6 Å². The summed E-state index contributed by atoms with van der Waals surface area (Å²) in [6.07, 6.45) is 4.84. The van der Waals surface area contributed by atoms with Crippen molar-refractivity contribution in [3.63, 3.8) is 0 Å². The molecule has 0 amide bonds. The topological polar surface area (TPSA) is 80.9 Å². The summed E-state index contributed by atoms with van der Waals surface area (Å²) in [6.45, 7) is 1.96. The molecule has 0 spiro atoms. The summed E-state index contributed by atoms with van der Waals surface area (Å²) in [4.78, 5) is 12.8. The quantitative estimate of drug-likeness (QED) is 0.438. The third kappa shape index (κ3) is 3.87. The minimum atomic E-state index is 0.569. The Kier molecular flexibility index (Phi) is 4.65. The number of benzene rings is 1. The van der Waals surface area contributed by atoms with E-state index in [1.165, 1.54) is 6.33 Å². The maximum Gasteiger partial charge on any atom is 0.159 e. The monoisotopic (exact) mass is 355 g/mol. The van der Waals surface area contributed by atoms with Crippen molar-refractivity contribution >= 4 is 12.0 Å². The van der Waals surface area contributed by atoms with Crippen LogP contribution in [0.3, 0.4) is 0 Å². The van der Waals surface area contributed by atoms with Gasteiger partial charge in [-0.2, -0.15) is 10.2 Å². The van der Waals surface area contributed by atoms with Gasteiger partial charge < -0.3 is 0 Å². The molecule has 0 saturated carbocycles. The van der Waals surface area contributed by atoms with Crippen LogP contribution in [0.1, 0.15) is 11.4 Å². The van der Waals surface area contributed by atoms with Gasteiger partial charge in [0.1, 0.15) is 6.33 Å². The van der Waals surface area contributed by atoms with Gasteiger partial charge in [0.15, 0.2) is 11.6 Å². The second kappa shape index (κ2) is 7.57. The number of rotatable bonds is 5. The number of hydrazone groups is 1. The van der Waals surface area contributed by atoms with E-state index in [-0.39, 0.29) is 0 Å². The first-order chi connectivity index (χ1) is 13.3. The molecule has 4 rings (SSSR count). The van der Waals surface area contributed by atoms with Crippen LogP contribution in [0.2, 0.25) is 0 Å². The van der Waals surface area contributed by atoms with Crippen LogP contribution in [0, 0.1) is 6.92 Å². The highest BCUT2D eigenvalue weighted by molar-refractivity contribution is 5.77. The molecule has 0 atom stereocenters. The van der Waals surface area contributed by atoms with Crippen molar-refractivity contribution in [3.05, 3.63) is 84.6 Å². The van der Waals surface area contributed by atoms with E-state index in [1.807, 2.05) is 61.5 Å². The number of hydrogen-bond donors (Lipinski definition) is 1. The Balaban J connectivity index is 1.61. The number of nitrogens with zero attached hydrogens (tertiary/aromatic N) is 6. The molecule has 0 aliphatic carbocycles. The summed E-state index contributed by atoms with van der Waals surface area (Å²) in [6, 6.07) is 19.6. The molecule has 0 radical (unpaired) electrons. The molecule has 27 heavy (non-hydrogen) atoms. The lowest BCUT2D eigenvalue weighted by molar-refractivity contribution is 0.832. The average molecular weight is 355 g/mol. The fourth-order valence-electron chi connectivity index (χ4n) is 2.63. The molecule has 1 aromatic carbocycles. The summed E-state index contributed by atoms with van der Waals surface area (Å²) in [5.74, 6) is 1.23. The Labute approximate surface area is 156 Å². The van der Waals surface area contributed by atoms with Crippen molar-refractivity contribution < 1.29 is 0 Å². The van der Waals surface area contributed by atoms with E-state index in [0.29, 0.717) is 11.6 Å². The Bertz CT molecular complexity index is 1060. The van der Waals surface area contributed by atoms with Crippen molar-refractivity contribution in [2.45, 2.75) is 6.92 Å². The van der Waals surface area contributed by atoms with Crippen LogP contribution in [-0.4, -0.2) is 30.9 Å². The SMILES string of the molecule is Cc1cc(-c2ccccc2)n(-c2cc(NN=Cc3ccccn3)ncn2)n1. The molecule has 7 heteroatoms. The molecule has 0 unspecified atom stereocenters. The van der Waals surface area contributed by atoms with Crippen molar-refractivity contribution in [3.8, 4) is 17.1 Å². The molecule has 1 N–H and O–H groups in total. The number of nitrogens with one attached hydrogen (secondary N) is 1. The van der Waals surface area contributed by atoms with Gasteiger partial charge in [0.2, 0.25) is 0 Å². The summed E-state index contributed by atoms with van der Waals surface area (Å²) in [5, 5.41) is 8.75. The Morgan fingerprint density at radius 1 is 0.963 bits per heavy atom. The van der Waals surface area contributed by atoms with Crippen LogP contribution in [0.5, 0.6) is 0 Å². The number of hydrogen-bond acceptors (Lipinski definition) is 6. The highest BCUT2D eigenvalue weighted by atomic mass is 15.3. The van der Waals surface area contributed by atoms with Crippen LogP contribution < -0.4 is 5.43 Å². The molecule has 3 aromatic heterocycles. The van der Waals surface area contributed by atoms with Gasteiger partial charge >= 0.3 is 0 Å². The van der Waals surface area contributed by atoms with E-state index in [1.54, 1.807) is 23.2 Å². The molecule has 7 nitrogen and oxygen atoms in total.